The van der Waals surface area contributed by atoms with Gasteiger partial charge in [0.05, 0.1) is 5.60 Å². The molecule has 7 nitrogen and oxygen atoms in total. The molecule has 0 bridgehead atoms. The fourth-order valence-electron chi connectivity index (χ4n) is 7.69. The SMILES string of the molecule is C=C1C(=O)O[C@@H]2C[C@H](C)[C@]3(O)C=C(C(C)=O)[C@]4(C[C@@H]3C[C@@H]12)C(=O)O[C@H]1C[C@H](C)C(/C=C/C(C)=O)=CC[C@H]14. The molecule has 5 rings (SSSR count). The molecule has 0 unspecified atom stereocenters. The number of fused-ring (bicyclic) bond motifs is 4. The highest BCUT2D eigenvalue weighted by Gasteiger charge is 2.66. The third-order valence-corrected chi connectivity index (χ3v) is 9.77. The molecular weight excluding hydrogens is 472 g/mol. The first-order valence-electron chi connectivity index (χ1n) is 13.3. The van der Waals surface area contributed by atoms with E-state index >= 15 is 0 Å². The molecule has 37 heavy (non-hydrogen) atoms. The summed E-state index contributed by atoms with van der Waals surface area (Å²) in [6.45, 7) is 10.9. The van der Waals surface area contributed by atoms with Gasteiger partial charge in [0.2, 0.25) is 0 Å². The van der Waals surface area contributed by atoms with E-state index in [9.17, 15) is 24.3 Å². The summed E-state index contributed by atoms with van der Waals surface area (Å²) in [6.07, 6.45) is 8.64. The highest BCUT2D eigenvalue weighted by molar-refractivity contribution is 6.03. The molecule has 0 radical (unpaired) electrons. The zero-order chi connectivity index (χ0) is 26.9. The molecule has 1 spiro atoms. The van der Waals surface area contributed by atoms with Crippen LogP contribution in [-0.4, -0.2) is 46.4 Å². The van der Waals surface area contributed by atoms with Gasteiger partial charge in [0.15, 0.2) is 11.6 Å². The molecule has 3 aliphatic carbocycles. The fraction of sp³-hybridized carbons (Fsp3) is 0.600. The molecular formula is C30H36O7. The summed E-state index contributed by atoms with van der Waals surface area (Å²) in [5, 5.41) is 12.0. The number of carbonyl (C=O) groups excluding carboxylic acids is 4. The number of aliphatic hydroxyl groups is 1. The Morgan fingerprint density at radius 1 is 1.11 bits per heavy atom. The molecule has 0 aromatic rings. The summed E-state index contributed by atoms with van der Waals surface area (Å²) >= 11 is 0. The Hall–Kier alpha value is -2.80. The highest BCUT2D eigenvalue weighted by Crippen LogP contribution is 2.61. The monoisotopic (exact) mass is 508 g/mol. The molecule has 0 aromatic carbocycles. The lowest BCUT2D eigenvalue weighted by Crippen LogP contribution is -2.53. The molecule has 1 N–H and O–H groups in total. The van der Waals surface area contributed by atoms with Gasteiger partial charge in [-0.25, -0.2) is 4.79 Å². The van der Waals surface area contributed by atoms with Crippen LogP contribution in [0, 0.1) is 35.0 Å². The number of rotatable bonds is 3. The molecule has 2 aliphatic heterocycles. The molecule has 198 valence electrons. The number of hydrogen-bond acceptors (Lipinski definition) is 7. The van der Waals surface area contributed by atoms with E-state index in [1.54, 1.807) is 12.2 Å². The topological polar surface area (TPSA) is 107 Å². The number of carbonyl (C=O) groups is 4. The summed E-state index contributed by atoms with van der Waals surface area (Å²) < 4.78 is 11.6. The van der Waals surface area contributed by atoms with E-state index in [0.717, 1.165) is 5.57 Å². The van der Waals surface area contributed by atoms with E-state index in [0.29, 0.717) is 36.8 Å². The Morgan fingerprint density at radius 2 is 1.84 bits per heavy atom. The Bertz CT molecular complexity index is 1170. The summed E-state index contributed by atoms with van der Waals surface area (Å²) in [6, 6.07) is 0. The van der Waals surface area contributed by atoms with Crippen molar-refractivity contribution in [1.82, 2.24) is 0 Å². The minimum Gasteiger partial charge on any atom is -0.461 e. The summed E-state index contributed by atoms with van der Waals surface area (Å²) in [4.78, 5) is 50.7. The van der Waals surface area contributed by atoms with Crippen LogP contribution in [0.3, 0.4) is 0 Å². The maximum atomic E-state index is 13.8. The predicted molar refractivity (Wildman–Crippen MR) is 135 cm³/mol. The molecule has 0 amide bonds. The third kappa shape index (κ3) is 3.89. The van der Waals surface area contributed by atoms with Gasteiger partial charge >= 0.3 is 11.9 Å². The number of Topliss-reactive ketones (excluding diaryl/α,β-unsaturated/α-hetero) is 1. The lowest BCUT2D eigenvalue weighted by molar-refractivity contribution is -0.151. The lowest BCUT2D eigenvalue weighted by Gasteiger charge is -2.48. The average molecular weight is 509 g/mol. The first-order chi connectivity index (χ1) is 17.4. The van der Waals surface area contributed by atoms with Gasteiger partial charge in [-0.15, -0.1) is 0 Å². The van der Waals surface area contributed by atoms with Crippen LogP contribution in [-0.2, 0) is 28.7 Å². The van der Waals surface area contributed by atoms with Gasteiger partial charge in [-0.3, -0.25) is 14.4 Å². The number of ether oxygens (including phenoxy) is 2. The van der Waals surface area contributed by atoms with Crippen molar-refractivity contribution in [1.29, 1.82) is 0 Å². The molecule has 1 saturated carbocycles. The average Bonchev–Trinajstić information content (AvgIpc) is 3.09. The molecule has 0 aromatic heterocycles. The third-order valence-electron chi connectivity index (χ3n) is 9.77. The van der Waals surface area contributed by atoms with E-state index in [1.807, 2.05) is 13.0 Å². The van der Waals surface area contributed by atoms with Crippen molar-refractivity contribution in [2.75, 3.05) is 0 Å². The van der Waals surface area contributed by atoms with Crippen LogP contribution < -0.4 is 0 Å². The van der Waals surface area contributed by atoms with Crippen molar-refractivity contribution >= 4 is 23.5 Å². The Kier molecular flexibility index (Phi) is 6.21. The van der Waals surface area contributed by atoms with E-state index in [-0.39, 0.29) is 59.8 Å². The molecule has 9 atom stereocenters. The quantitative estimate of drug-likeness (QED) is 0.456. The van der Waals surface area contributed by atoms with Crippen LogP contribution in [0.1, 0.15) is 59.8 Å². The zero-order valence-corrected chi connectivity index (χ0v) is 22.0. The van der Waals surface area contributed by atoms with Crippen LogP contribution in [0.4, 0.5) is 0 Å². The van der Waals surface area contributed by atoms with E-state index in [1.165, 1.54) is 13.8 Å². The van der Waals surface area contributed by atoms with E-state index in [2.05, 4.69) is 19.6 Å². The second kappa shape index (κ2) is 8.90. The molecule has 3 fully saturated rings. The van der Waals surface area contributed by atoms with E-state index in [4.69, 9.17) is 9.47 Å². The van der Waals surface area contributed by atoms with Crippen molar-refractivity contribution in [3.8, 4) is 0 Å². The van der Waals surface area contributed by atoms with Crippen LogP contribution in [0.15, 0.2) is 47.6 Å². The number of hydrogen-bond donors (Lipinski definition) is 1. The predicted octanol–water partition coefficient (Wildman–Crippen LogP) is 3.81. The van der Waals surface area contributed by atoms with Crippen LogP contribution in [0.5, 0.6) is 0 Å². The van der Waals surface area contributed by atoms with Crippen LogP contribution in [0.25, 0.3) is 0 Å². The van der Waals surface area contributed by atoms with Gasteiger partial charge < -0.3 is 14.6 Å². The summed E-state index contributed by atoms with van der Waals surface area (Å²) in [5.74, 6) is -2.17. The van der Waals surface area contributed by atoms with E-state index < -0.39 is 23.0 Å². The Morgan fingerprint density at radius 3 is 2.51 bits per heavy atom. The van der Waals surface area contributed by atoms with Crippen molar-refractivity contribution in [3.63, 3.8) is 0 Å². The minimum atomic E-state index is -1.31. The summed E-state index contributed by atoms with van der Waals surface area (Å²) in [5.41, 5.74) is -0.724. The maximum absolute atomic E-state index is 13.8. The first kappa shape index (κ1) is 25.8. The van der Waals surface area contributed by atoms with Gasteiger partial charge in [-0.1, -0.05) is 32.6 Å². The fourth-order valence-corrected chi connectivity index (χ4v) is 7.69. The Balaban J connectivity index is 1.59. The molecule has 7 heteroatoms. The number of esters is 2. The first-order valence-corrected chi connectivity index (χ1v) is 13.3. The van der Waals surface area contributed by atoms with Crippen LogP contribution >= 0.6 is 0 Å². The minimum absolute atomic E-state index is 0.0365. The van der Waals surface area contributed by atoms with Crippen LogP contribution in [0.2, 0.25) is 0 Å². The van der Waals surface area contributed by atoms with Gasteiger partial charge in [-0.05, 0) is 81.4 Å². The number of allylic oxidation sites excluding steroid dienone is 4. The second-order valence-electron chi connectivity index (χ2n) is 11.9. The van der Waals surface area contributed by atoms with Gasteiger partial charge in [0.25, 0.3) is 0 Å². The smallest absolute Gasteiger partial charge is 0.334 e. The molecule has 2 saturated heterocycles. The van der Waals surface area contributed by atoms with Crippen molar-refractivity contribution < 1.29 is 33.8 Å². The van der Waals surface area contributed by atoms with Crippen molar-refractivity contribution in [2.45, 2.75) is 77.6 Å². The standard InChI is InChI=1S/C30H36O7/c1-15-10-26-23(9-8-20(15)7-6-17(3)31)29(28(34)37-26)13-21-12-22-18(4)27(33)36-25(22)11-16(2)30(21,35)14-24(29)19(5)32/h6-8,14-16,21-23,25-26,35H,4,9-13H2,1-3,5H3/b7-6+/t15-,16-,21-,22-,23+,25+,26-,29+,30+/m0/s1. The second-order valence-corrected chi connectivity index (χ2v) is 11.9. The maximum Gasteiger partial charge on any atom is 0.334 e. The Labute approximate surface area is 217 Å². The summed E-state index contributed by atoms with van der Waals surface area (Å²) in [7, 11) is 0. The molecule has 5 aliphatic rings. The van der Waals surface area contributed by atoms with Gasteiger partial charge in [0.1, 0.15) is 17.6 Å². The van der Waals surface area contributed by atoms with Crippen molar-refractivity contribution in [2.24, 2.45) is 35.0 Å². The highest BCUT2D eigenvalue weighted by atomic mass is 16.6. The largest absolute Gasteiger partial charge is 0.461 e. The molecule has 2 heterocycles. The van der Waals surface area contributed by atoms with Gasteiger partial charge in [-0.2, -0.15) is 0 Å². The zero-order valence-electron chi connectivity index (χ0n) is 22.0. The number of ketones is 2. The van der Waals surface area contributed by atoms with Crippen molar-refractivity contribution in [3.05, 3.63) is 47.6 Å². The normalized spacial score (nSPS) is 43.2. The van der Waals surface area contributed by atoms with Gasteiger partial charge in [0, 0.05) is 23.0 Å². The lowest BCUT2D eigenvalue weighted by atomic mass is 9.54.